The first-order valence-corrected chi connectivity index (χ1v) is 11.4. The van der Waals surface area contributed by atoms with E-state index in [9.17, 15) is 14.0 Å². The molecule has 6 nitrogen and oxygen atoms in total. The summed E-state index contributed by atoms with van der Waals surface area (Å²) in [6, 6.07) is 12.4. The van der Waals surface area contributed by atoms with E-state index in [4.69, 9.17) is 9.47 Å². The zero-order chi connectivity index (χ0) is 23.5. The van der Waals surface area contributed by atoms with Crippen LogP contribution in [0.2, 0.25) is 0 Å². The molecule has 0 aliphatic carbocycles. The van der Waals surface area contributed by atoms with Gasteiger partial charge in [-0.1, -0.05) is 35.6 Å². The lowest BCUT2D eigenvalue weighted by Crippen LogP contribution is -2.39. The number of hydrogen-bond donors (Lipinski definition) is 0. The molecule has 0 amide bonds. The zero-order valence-electron chi connectivity index (χ0n) is 18.5. The highest BCUT2D eigenvalue weighted by molar-refractivity contribution is 7.07. The van der Waals surface area contributed by atoms with Crippen molar-refractivity contribution in [3.05, 3.63) is 96.4 Å². The van der Waals surface area contributed by atoms with E-state index >= 15 is 0 Å². The fraction of sp³-hybridized carbons (Fsp3) is 0.240. The molecule has 0 bridgehead atoms. The molecule has 1 atom stereocenters. The average molecular weight is 467 g/mol. The van der Waals surface area contributed by atoms with Gasteiger partial charge in [0.25, 0.3) is 5.56 Å². The Morgan fingerprint density at radius 3 is 2.64 bits per heavy atom. The molecule has 4 rings (SSSR count). The van der Waals surface area contributed by atoms with Crippen molar-refractivity contribution in [1.29, 1.82) is 0 Å². The van der Waals surface area contributed by atoms with E-state index < -0.39 is 17.8 Å². The minimum Gasteiger partial charge on any atom is -0.494 e. The number of hydrogen-bond acceptors (Lipinski definition) is 6. The standard InChI is InChI=1S/C25H23FN2O4S/c1-4-31-19-8-6-7-16(13-19)14-20-23(29)28-22(17-9-11-18(26)12-10-17)21(24(30)32-5-2)15(3)27-25(28)33-20/h6-14,22H,4-5H2,1-3H3/b20-14-/t22-/m1/s1. The molecule has 0 saturated carbocycles. The van der Waals surface area contributed by atoms with E-state index in [0.29, 0.717) is 33.0 Å². The third-order valence-electron chi connectivity index (χ3n) is 5.17. The zero-order valence-corrected chi connectivity index (χ0v) is 19.3. The van der Waals surface area contributed by atoms with Crippen molar-refractivity contribution in [2.75, 3.05) is 13.2 Å². The molecule has 8 heteroatoms. The van der Waals surface area contributed by atoms with Crippen molar-refractivity contribution < 1.29 is 18.7 Å². The molecular weight excluding hydrogens is 443 g/mol. The van der Waals surface area contributed by atoms with Gasteiger partial charge in [-0.15, -0.1) is 0 Å². The smallest absolute Gasteiger partial charge is 0.338 e. The molecule has 2 aromatic carbocycles. The van der Waals surface area contributed by atoms with Gasteiger partial charge < -0.3 is 9.47 Å². The summed E-state index contributed by atoms with van der Waals surface area (Å²) in [5.41, 5.74) is 1.85. The summed E-state index contributed by atoms with van der Waals surface area (Å²) in [6.45, 7) is 6.06. The van der Waals surface area contributed by atoms with E-state index in [-0.39, 0.29) is 17.7 Å². The topological polar surface area (TPSA) is 69.9 Å². The Morgan fingerprint density at radius 1 is 1.18 bits per heavy atom. The van der Waals surface area contributed by atoms with Gasteiger partial charge in [-0.05, 0) is 62.2 Å². The number of allylic oxidation sites excluding steroid dienone is 1. The lowest BCUT2D eigenvalue weighted by atomic mass is 9.96. The van der Waals surface area contributed by atoms with Crippen LogP contribution in [0.4, 0.5) is 4.39 Å². The molecule has 33 heavy (non-hydrogen) atoms. The van der Waals surface area contributed by atoms with Gasteiger partial charge in [0.2, 0.25) is 0 Å². The quantitative estimate of drug-likeness (QED) is 0.523. The molecule has 170 valence electrons. The summed E-state index contributed by atoms with van der Waals surface area (Å²) in [5.74, 6) is -0.242. The molecule has 1 aliphatic heterocycles. The van der Waals surface area contributed by atoms with Gasteiger partial charge in [0.05, 0.1) is 35.1 Å². The Morgan fingerprint density at radius 2 is 1.94 bits per heavy atom. The molecule has 1 aliphatic rings. The maximum atomic E-state index is 13.6. The van der Waals surface area contributed by atoms with Crippen LogP contribution >= 0.6 is 11.3 Å². The van der Waals surface area contributed by atoms with Crippen LogP contribution < -0.4 is 19.6 Å². The molecule has 3 aromatic rings. The number of halogens is 1. The number of esters is 1. The van der Waals surface area contributed by atoms with Gasteiger partial charge in [0.15, 0.2) is 4.80 Å². The Labute approximate surface area is 193 Å². The van der Waals surface area contributed by atoms with Crippen LogP contribution in [0.1, 0.15) is 37.9 Å². The first-order valence-electron chi connectivity index (χ1n) is 10.6. The molecule has 0 saturated heterocycles. The average Bonchev–Trinajstić information content (AvgIpc) is 3.08. The molecule has 2 heterocycles. The van der Waals surface area contributed by atoms with Crippen LogP contribution in [-0.4, -0.2) is 23.8 Å². The van der Waals surface area contributed by atoms with Gasteiger partial charge in [0.1, 0.15) is 11.6 Å². The normalized spacial score (nSPS) is 15.8. The largest absolute Gasteiger partial charge is 0.494 e. The Kier molecular flexibility index (Phi) is 6.55. The second-order valence-corrected chi connectivity index (χ2v) is 8.37. The lowest BCUT2D eigenvalue weighted by molar-refractivity contribution is -0.139. The summed E-state index contributed by atoms with van der Waals surface area (Å²) in [6.07, 6.45) is 1.78. The highest BCUT2D eigenvalue weighted by Gasteiger charge is 2.33. The van der Waals surface area contributed by atoms with E-state index in [1.165, 1.54) is 28.0 Å². The minimum atomic E-state index is -0.766. The summed E-state index contributed by atoms with van der Waals surface area (Å²) in [7, 11) is 0. The summed E-state index contributed by atoms with van der Waals surface area (Å²) in [4.78, 5) is 31.3. The maximum Gasteiger partial charge on any atom is 0.338 e. The van der Waals surface area contributed by atoms with Crippen LogP contribution in [0.15, 0.2) is 69.6 Å². The van der Waals surface area contributed by atoms with Gasteiger partial charge in [-0.25, -0.2) is 14.2 Å². The van der Waals surface area contributed by atoms with Crippen molar-refractivity contribution in [3.63, 3.8) is 0 Å². The molecule has 0 radical (unpaired) electrons. The van der Waals surface area contributed by atoms with Crippen LogP contribution in [-0.2, 0) is 9.53 Å². The number of aromatic nitrogens is 1. The Bertz CT molecular complexity index is 1400. The monoisotopic (exact) mass is 466 g/mol. The number of ether oxygens (including phenoxy) is 2. The van der Waals surface area contributed by atoms with Gasteiger partial charge in [-0.3, -0.25) is 9.36 Å². The molecule has 0 unspecified atom stereocenters. The van der Waals surface area contributed by atoms with Crippen LogP contribution in [0.25, 0.3) is 6.08 Å². The lowest BCUT2D eigenvalue weighted by Gasteiger charge is -2.24. The number of thiazole rings is 1. The summed E-state index contributed by atoms with van der Waals surface area (Å²) >= 11 is 1.24. The van der Waals surface area contributed by atoms with Gasteiger partial charge >= 0.3 is 5.97 Å². The molecule has 0 spiro atoms. The third kappa shape index (κ3) is 4.52. The van der Waals surface area contributed by atoms with Crippen molar-refractivity contribution in [1.82, 2.24) is 4.57 Å². The number of carbonyl (C=O) groups is 1. The van der Waals surface area contributed by atoms with E-state index in [2.05, 4.69) is 4.99 Å². The molecule has 0 fully saturated rings. The fourth-order valence-corrected chi connectivity index (χ4v) is 4.81. The van der Waals surface area contributed by atoms with Gasteiger partial charge in [0, 0.05) is 0 Å². The molecule has 1 aromatic heterocycles. The minimum absolute atomic E-state index is 0.187. The number of carbonyl (C=O) groups excluding carboxylic acids is 1. The summed E-state index contributed by atoms with van der Waals surface area (Å²) < 4.78 is 26.4. The fourth-order valence-electron chi connectivity index (χ4n) is 3.76. The van der Waals surface area contributed by atoms with E-state index in [1.54, 1.807) is 32.1 Å². The van der Waals surface area contributed by atoms with Gasteiger partial charge in [-0.2, -0.15) is 0 Å². The van der Waals surface area contributed by atoms with Crippen LogP contribution in [0, 0.1) is 5.82 Å². The number of fused-ring (bicyclic) bond motifs is 1. The SMILES string of the molecule is CCOC(=O)C1=C(C)N=c2s/c(=C\c3cccc(OCC)c3)c(=O)n2[C@@H]1c1ccc(F)cc1. The predicted octanol–water partition coefficient (Wildman–Crippen LogP) is 3.34. The van der Waals surface area contributed by atoms with Crippen molar-refractivity contribution in [3.8, 4) is 5.75 Å². The highest BCUT2D eigenvalue weighted by atomic mass is 32.1. The predicted molar refractivity (Wildman–Crippen MR) is 124 cm³/mol. The number of rotatable bonds is 6. The van der Waals surface area contributed by atoms with Crippen molar-refractivity contribution in [2.45, 2.75) is 26.8 Å². The highest BCUT2D eigenvalue weighted by Crippen LogP contribution is 2.30. The van der Waals surface area contributed by atoms with E-state index in [0.717, 1.165) is 5.56 Å². The van der Waals surface area contributed by atoms with E-state index in [1.807, 2.05) is 31.2 Å². The Hall–Kier alpha value is -3.52. The second-order valence-electron chi connectivity index (χ2n) is 7.36. The second kappa shape index (κ2) is 9.54. The number of benzene rings is 2. The maximum absolute atomic E-state index is 13.6. The van der Waals surface area contributed by atoms with Crippen molar-refractivity contribution >= 4 is 23.4 Å². The number of nitrogens with zero attached hydrogens (tertiary/aromatic N) is 2. The Balaban J connectivity index is 1.91. The summed E-state index contributed by atoms with van der Waals surface area (Å²) in [5, 5.41) is 0. The van der Waals surface area contributed by atoms with Crippen LogP contribution in [0.3, 0.4) is 0 Å². The van der Waals surface area contributed by atoms with Crippen LogP contribution in [0.5, 0.6) is 5.75 Å². The molecular formula is C25H23FN2O4S. The molecule has 0 N–H and O–H groups in total. The first kappa shape index (κ1) is 22.7. The van der Waals surface area contributed by atoms with Crippen molar-refractivity contribution in [2.24, 2.45) is 4.99 Å². The first-order chi connectivity index (χ1) is 15.9. The third-order valence-corrected chi connectivity index (χ3v) is 6.15.